The number of nitrogens with one attached hydrogen (secondary N) is 1. The predicted octanol–water partition coefficient (Wildman–Crippen LogP) is 3.57. The van der Waals surface area contributed by atoms with Crippen LogP contribution in [0.15, 0.2) is 36.5 Å². The van der Waals surface area contributed by atoms with Crippen molar-refractivity contribution in [2.75, 3.05) is 0 Å². The summed E-state index contributed by atoms with van der Waals surface area (Å²) in [4.78, 5) is 4.41. The highest BCUT2D eigenvalue weighted by molar-refractivity contribution is 5.82. The summed E-state index contributed by atoms with van der Waals surface area (Å²) >= 11 is 0. The lowest BCUT2D eigenvalue weighted by Crippen LogP contribution is -2.29. The van der Waals surface area contributed by atoms with E-state index in [4.69, 9.17) is 5.84 Å². The normalized spacial score (nSPS) is 13.1. The zero-order valence-electron chi connectivity index (χ0n) is 11.8. The van der Waals surface area contributed by atoms with Crippen molar-refractivity contribution in [3.8, 4) is 0 Å². The van der Waals surface area contributed by atoms with Gasteiger partial charge in [-0.15, -0.1) is 0 Å². The Kier molecular flexibility index (Phi) is 4.88. The highest BCUT2D eigenvalue weighted by Gasteiger charge is 2.17. The molecule has 2 aromatic rings. The van der Waals surface area contributed by atoms with E-state index in [-0.39, 0.29) is 6.04 Å². The third kappa shape index (κ3) is 3.11. The van der Waals surface area contributed by atoms with Crippen LogP contribution in [0.3, 0.4) is 0 Å². The Bertz CT molecular complexity index is 515. The molecule has 0 radical (unpaired) electrons. The van der Waals surface area contributed by atoms with Crippen LogP contribution in [0.2, 0.25) is 0 Å². The molecule has 0 aliphatic rings. The first-order valence-corrected chi connectivity index (χ1v) is 7.09. The van der Waals surface area contributed by atoms with Crippen LogP contribution in [0.1, 0.15) is 44.7 Å². The van der Waals surface area contributed by atoms with E-state index in [2.05, 4.69) is 42.5 Å². The van der Waals surface area contributed by atoms with Gasteiger partial charge < -0.3 is 0 Å². The fourth-order valence-electron chi connectivity index (χ4n) is 2.66. The van der Waals surface area contributed by atoms with Gasteiger partial charge in [0.05, 0.1) is 5.52 Å². The van der Waals surface area contributed by atoms with E-state index in [9.17, 15) is 0 Å². The molecule has 0 aliphatic heterocycles. The van der Waals surface area contributed by atoms with E-state index >= 15 is 0 Å². The maximum absolute atomic E-state index is 5.78. The standard InChI is InChI=1S/C16H23N3/c1-3-12(4-2)11-16(19-17)14-9-10-18-15-8-6-5-7-13(14)15/h5-10,12,16,19H,3-4,11,17H2,1-2H3. The zero-order chi connectivity index (χ0) is 13.7. The Balaban J connectivity index is 2.35. The van der Waals surface area contributed by atoms with Gasteiger partial charge in [-0.1, -0.05) is 44.9 Å². The number of para-hydroxylation sites is 1. The van der Waals surface area contributed by atoms with Crippen molar-refractivity contribution in [3.63, 3.8) is 0 Å². The molecule has 1 aromatic heterocycles. The second-order valence-electron chi connectivity index (χ2n) is 5.05. The Morgan fingerprint density at radius 3 is 2.58 bits per heavy atom. The molecule has 3 heteroatoms. The van der Waals surface area contributed by atoms with E-state index in [1.807, 2.05) is 18.3 Å². The summed E-state index contributed by atoms with van der Waals surface area (Å²) in [5.74, 6) is 6.48. The summed E-state index contributed by atoms with van der Waals surface area (Å²) in [7, 11) is 0. The van der Waals surface area contributed by atoms with Crippen molar-refractivity contribution in [2.24, 2.45) is 11.8 Å². The smallest absolute Gasteiger partial charge is 0.0705 e. The van der Waals surface area contributed by atoms with E-state index in [0.717, 1.165) is 11.9 Å². The Labute approximate surface area is 115 Å². The van der Waals surface area contributed by atoms with E-state index < -0.39 is 0 Å². The Morgan fingerprint density at radius 2 is 1.89 bits per heavy atom. The van der Waals surface area contributed by atoms with Crippen molar-refractivity contribution in [2.45, 2.75) is 39.2 Å². The summed E-state index contributed by atoms with van der Waals surface area (Å²) in [6.07, 6.45) is 5.32. The molecule has 0 spiro atoms. The number of fused-ring (bicyclic) bond motifs is 1. The van der Waals surface area contributed by atoms with Gasteiger partial charge in [-0.3, -0.25) is 16.3 Å². The summed E-state index contributed by atoms with van der Waals surface area (Å²) in [6, 6.07) is 10.5. The van der Waals surface area contributed by atoms with Gasteiger partial charge >= 0.3 is 0 Å². The Morgan fingerprint density at radius 1 is 1.16 bits per heavy atom. The van der Waals surface area contributed by atoms with Crippen LogP contribution in [-0.4, -0.2) is 4.98 Å². The van der Waals surface area contributed by atoms with Gasteiger partial charge in [0.15, 0.2) is 0 Å². The SMILES string of the molecule is CCC(CC)CC(NN)c1ccnc2ccccc12. The van der Waals surface area contributed by atoms with Gasteiger partial charge in [-0.2, -0.15) is 0 Å². The third-order valence-electron chi connectivity index (χ3n) is 3.98. The second kappa shape index (κ2) is 6.64. The molecule has 0 aliphatic carbocycles. The third-order valence-corrected chi connectivity index (χ3v) is 3.98. The van der Waals surface area contributed by atoms with Gasteiger partial charge in [-0.05, 0) is 30.0 Å². The fourth-order valence-corrected chi connectivity index (χ4v) is 2.66. The van der Waals surface area contributed by atoms with Gasteiger partial charge in [0.1, 0.15) is 0 Å². The zero-order valence-corrected chi connectivity index (χ0v) is 11.8. The highest BCUT2D eigenvalue weighted by atomic mass is 15.2. The summed E-state index contributed by atoms with van der Waals surface area (Å²) in [5.41, 5.74) is 5.26. The minimum absolute atomic E-state index is 0.192. The molecule has 1 heterocycles. The molecule has 19 heavy (non-hydrogen) atoms. The second-order valence-corrected chi connectivity index (χ2v) is 5.05. The van der Waals surface area contributed by atoms with Crippen LogP contribution in [0.5, 0.6) is 0 Å². The molecule has 0 bridgehead atoms. The van der Waals surface area contributed by atoms with E-state index in [0.29, 0.717) is 5.92 Å². The number of hydrogen-bond acceptors (Lipinski definition) is 3. The molecule has 0 amide bonds. The molecule has 102 valence electrons. The van der Waals surface area contributed by atoms with Crippen molar-refractivity contribution in [1.82, 2.24) is 10.4 Å². The number of rotatable bonds is 6. The summed E-state index contributed by atoms with van der Waals surface area (Å²) in [5, 5.41) is 1.19. The van der Waals surface area contributed by atoms with Crippen LogP contribution >= 0.6 is 0 Å². The molecule has 0 saturated carbocycles. The molecule has 1 atom stereocenters. The minimum atomic E-state index is 0.192. The van der Waals surface area contributed by atoms with Crippen molar-refractivity contribution < 1.29 is 0 Å². The van der Waals surface area contributed by atoms with Crippen LogP contribution in [-0.2, 0) is 0 Å². The maximum Gasteiger partial charge on any atom is 0.0705 e. The first kappa shape index (κ1) is 14.0. The molecule has 3 N–H and O–H groups in total. The molecule has 1 unspecified atom stereocenters. The molecule has 0 fully saturated rings. The number of pyridine rings is 1. The maximum atomic E-state index is 5.78. The predicted molar refractivity (Wildman–Crippen MR) is 80.5 cm³/mol. The molecule has 2 rings (SSSR count). The Hall–Kier alpha value is -1.45. The van der Waals surface area contributed by atoms with Gasteiger partial charge in [0.25, 0.3) is 0 Å². The van der Waals surface area contributed by atoms with E-state index in [1.165, 1.54) is 23.8 Å². The van der Waals surface area contributed by atoms with Crippen LogP contribution in [0.4, 0.5) is 0 Å². The molecule has 0 saturated heterocycles. The average molecular weight is 257 g/mol. The first-order chi connectivity index (χ1) is 9.30. The molecule has 1 aromatic carbocycles. The van der Waals surface area contributed by atoms with Gasteiger partial charge in [0, 0.05) is 17.6 Å². The number of nitrogens with two attached hydrogens (primary N) is 1. The largest absolute Gasteiger partial charge is 0.271 e. The lowest BCUT2D eigenvalue weighted by atomic mass is 9.90. The number of hydrazine groups is 1. The summed E-state index contributed by atoms with van der Waals surface area (Å²) in [6.45, 7) is 4.48. The average Bonchev–Trinajstić information content (AvgIpc) is 2.48. The number of aromatic nitrogens is 1. The van der Waals surface area contributed by atoms with Gasteiger partial charge in [0.2, 0.25) is 0 Å². The summed E-state index contributed by atoms with van der Waals surface area (Å²) < 4.78 is 0. The number of nitrogens with zero attached hydrogens (tertiary/aromatic N) is 1. The lowest BCUT2D eigenvalue weighted by Gasteiger charge is -2.22. The molecule has 3 nitrogen and oxygen atoms in total. The van der Waals surface area contributed by atoms with Crippen LogP contribution < -0.4 is 11.3 Å². The molecular weight excluding hydrogens is 234 g/mol. The van der Waals surface area contributed by atoms with Crippen LogP contribution in [0.25, 0.3) is 10.9 Å². The topological polar surface area (TPSA) is 50.9 Å². The van der Waals surface area contributed by atoms with Crippen molar-refractivity contribution in [3.05, 3.63) is 42.1 Å². The number of benzene rings is 1. The number of hydrogen-bond donors (Lipinski definition) is 2. The van der Waals surface area contributed by atoms with Crippen LogP contribution in [0, 0.1) is 5.92 Å². The monoisotopic (exact) mass is 257 g/mol. The van der Waals surface area contributed by atoms with Crippen molar-refractivity contribution in [1.29, 1.82) is 0 Å². The van der Waals surface area contributed by atoms with Crippen molar-refractivity contribution >= 4 is 10.9 Å². The minimum Gasteiger partial charge on any atom is -0.271 e. The highest BCUT2D eigenvalue weighted by Crippen LogP contribution is 2.28. The fraction of sp³-hybridized carbons (Fsp3) is 0.438. The van der Waals surface area contributed by atoms with Gasteiger partial charge in [-0.25, -0.2) is 0 Å². The quantitative estimate of drug-likeness (QED) is 0.614. The first-order valence-electron chi connectivity index (χ1n) is 7.09. The molecular formula is C16H23N3. The lowest BCUT2D eigenvalue weighted by molar-refractivity contribution is 0.376. The van der Waals surface area contributed by atoms with E-state index in [1.54, 1.807) is 0 Å².